The van der Waals surface area contributed by atoms with Gasteiger partial charge in [-0.2, -0.15) is 5.26 Å². The number of fused-ring (bicyclic) bond motifs is 1. The number of aryl methyl sites for hydroxylation is 1. The number of carbonyl (C=O) groups is 1. The van der Waals surface area contributed by atoms with Gasteiger partial charge in [0.25, 0.3) is 0 Å². The first-order chi connectivity index (χ1) is 13.8. The fourth-order valence-electron chi connectivity index (χ4n) is 3.67. The molecule has 1 aromatic heterocycles. The van der Waals surface area contributed by atoms with Crippen molar-refractivity contribution >= 4 is 23.4 Å². The van der Waals surface area contributed by atoms with Crippen molar-refractivity contribution in [2.24, 2.45) is 11.3 Å². The third kappa shape index (κ3) is 4.97. The van der Waals surface area contributed by atoms with E-state index in [0.717, 1.165) is 36.9 Å². The van der Waals surface area contributed by atoms with Crippen molar-refractivity contribution < 1.29 is 9.18 Å². The van der Waals surface area contributed by atoms with E-state index >= 15 is 0 Å². The lowest BCUT2D eigenvalue weighted by Crippen LogP contribution is -2.29. The molecular weight excluding hydrogens is 385 g/mol. The van der Waals surface area contributed by atoms with Crippen molar-refractivity contribution in [3.63, 3.8) is 0 Å². The Kier molecular flexibility index (Phi) is 6.59. The molecule has 1 atom stereocenters. The fraction of sp³-hybridized carbons (Fsp3) is 0.435. The summed E-state index contributed by atoms with van der Waals surface area (Å²) in [6, 6.07) is 10.2. The molecule has 1 aliphatic carbocycles. The molecule has 2 aromatic rings. The van der Waals surface area contributed by atoms with Gasteiger partial charge in [0.2, 0.25) is 5.91 Å². The molecule has 1 aromatic carbocycles. The number of nitrogens with one attached hydrogen (secondary N) is 1. The van der Waals surface area contributed by atoms with Crippen molar-refractivity contribution in [3.05, 3.63) is 53.0 Å². The van der Waals surface area contributed by atoms with Gasteiger partial charge in [-0.15, -0.1) is 0 Å². The number of rotatable bonds is 6. The molecule has 0 aliphatic heterocycles. The summed E-state index contributed by atoms with van der Waals surface area (Å²) in [6.07, 6.45) is 4.04. The molecule has 152 valence electrons. The van der Waals surface area contributed by atoms with Gasteiger partial charge in [0, 0.05) is 5.69 Å². The standard InChI is InChI=1S/C23H26FN3OS/c1-4-23(2,3)17-9-10-19-15(12-17)11-16(13-25)22(27-19)29-14-21(28)26-20-8-6-5-7-18(20)24/h5-8,11,17H,4,9-10,12,14H2,1-3H3,(H,26,28). The summed E-state index contributed by atoms with van der Waals surface area (Å²) in [4.78, 5) is 16.9. The molecule has 6 heteroatoms. The van der Waals surface area contributed by atoms with Crippen LogP contribution in [0.1, 0.15) is 50.4 Å². The first kappa shape index (κ1) is 21.3. The molecule has 1 heterocycles. The summed E-state index contributed by atoms with van der Waals surface area (Å²) in [5.41, 5.74) is 3.11. The Morgan fingerprint density at radius 2 is 2.17 bits per heavy atom. The first-order valence-corrected chi connectivity index (χ1v) is 10.9. The minimum Gasteiger partial charge on any atom is -0.323 e. The molecule has 29 heavy (non-hydrogen) atoms. The lowest BCUT2D eigenvalue weighted by molar-refractivity contribution is -0.113. The van der Waals surface area contributed by atoms with Crippen molar-refractivity contribution in [1.82, 2.24) is 4.98 Å². The van der Waals surface area contributed by atoms with Crippen LogP contribution in [0.3, 0.4) is 0 Å². The van der Waals surface area contributed by atoms with E-state index in [1.165, 1.54) is 23.9 Å². The number of carbonyl (C=O) groups excluding carboxylic acids is 1. The van der Waals surface area contributed by atoms with Crippen LogP contribution in [0.15, 0.2) is 35.4 Å². The molecule has 0 radical (unpaired) electrons. The zero-order valence-corrected chi connectivity index (χ0v) is 17.9. The van der Waals surface area contributed by atoms with E-state index in [2.05, 4.69) is 32.2 Å². The zero-order chi connectivity index (χ0) is 21.0. The first-order valence-electron chi connectivity index (χ1n) is 9.94. The van der Waals surface area contributed by atoms with Gasteiger partial charge in [0.1, 0.15) is 16.9 Å². The van der Waals surface area contributed by atoms with Gasteiger partial charge in [-0.3, -0.25) is 4.79 Å². The van der Waals surface area contributed by atoms with E-state index in [4.69, 9.17) is 4.98 Å². The van der Waals surface area contributed by atoms with Crippen LogP contribution in [0.25, 0.3) is 0 Å². The third-order valence-corrected chi connectivity index (χ3v) is 6.97. The van der Waals surface area contributed by atoms with Crippen LogP contribution >= 0.6 is 11.8 Å². The van der Waals surface area contributed by atoms with Crippen LogP contribution in [0.2, 0.25) is 0 Å². The number of aromatic nitrogens is 1. The Labute approximate surface area is 175 Å². The van der Waals surface area contributed by atoms with Gasteiger partial charge in [-0.1, -0.05) is 51.1 Å². The van der Waals surface area contributed by atoms with Gasteiger partial charge < -0.3 is 5.32 Å². The normalized spacial score (nSPS) is 16.0. The van der Waals surface area contributed by atoms with Gasteiger partial charge in [0.05, 0.1) is 17.0 Å². The number of anilines is 1. The van der Waals surface area contributed by atoms with Crippen molar-refractivity contribution in [1.29, 1.82) is 5.26 Å². The van der Waals surface area contributed by atoms with E-state index in [1.54, 1.807) is 12.1 Å². The second-order valence-corrected chi connectivity index (χ2v) is 9.12. The van der Waals surface area contributed by atoms with Gasteiger partial charge >= 0.3 is 0 Å². The molecule has 0 saturated carbocycles. The number of hydrogen-bond acceptors (Lipinski definition) is 4. The lowest BCUT2D eigenvalue weighted by atomic mass is 9.69. The highest BCUT2D eigenvalue weighted by Crippen LogP contribution is 2.40. The summed E-state index contributed by atoms with van der Waals surface area (Å²) >= 11 is 1.22. The maximum Gasteiger partial charge on any atom is 0.234 e. The van der Waals surface area contributed by atoms with Gasteiger partial charge in [-0.25, -0.2) is 9.37 Å². The zero-order valence-electron chi connectivity index (χ0n) is 17.1. The molecule has 0 saturated heterocycles. The maximum absolute atomic E-state index is 13.7. The quantitative estimate of drug-likeness (QED) is 0.650. The van der Waals surface area contributed by atoms with E-state index < -0.39 is 5.82 Å². The minimum atomic E-state index is -0.472. The number of halogens is 1. The van der Waals surface area contributed by atoms with Crippen LogP contribution in [-0.2, 0) is 17.6 Å². The van der Waals surface area contributed by atoms with Crippen molar-refractivity contribution in [3.8, 4) is 6.07 Å². The number of nitriles is 1. The van der Waals surface area contributed by atoms with E-state index in [9.17, 15) is 14.4 Å². The Morgan fingerprint density at radius 1 is 1.41 bits per heavy atom. The van der Waals surface area contributed by atoms with Crippen LogP contribution in [-0.4, -0.2) is 16.6 Å². The second kappa shape index (κ2) is 8.96. The number of para-hydroxylation sites is 1. The molecular formula is C23H26FN3OS. The topological polar surface area (TPSA) is 65.8 Å². The summed E-state index contributed by atoms with van der Waals surface area (Å²) in [5, 5.41) is 12.7. The average molecular weight is 412 g/mol. The molecule has 1 aliphatic rings. The Hall–Kier alpha value is -2.39. The largest absolute Gasteiger partial charge is 0.323 e. The number of pyridine rings is 1. The Balaban J connectivity index is 1.71. The van der Waals surface area contributed by atoms with E-state index in [-0.39, 0.29) is 22.8 Å². The summed E-state index contributed by atoms with van der Waals surface area (Å²) in [6.45, 7) is 6.83. The monoisotopic (exact) mass is 411 g/mol. The molecule has 4 nitrogen and oxygen atoms in total. The predicted molar refractivity (Wildman–Crippen MR) is 114 cm³/mol. The fourth-order valence-corrected chi connectivity index (χ4v) is 4.45. The van der Waals surface area contributed by atoms with Crippen LogP contribution in [0.5, 0.6) is 0 Å². The smallest absolute Gasteiger partial charge is 0.234 e. The second-order valence-electron chi connectivity index (χ2n) is 8.16. The maximum atomic E-state index is 13.7. The lowest BCUT2D eigenvalue weighted by Gasteiger charge is -2.37. The highest BCUT2D eigenvalue weighted by molar-refractivity contribution is 8.00. The molecule has 1 N–H and O–H groups in total. The predicted octanol–water partition coefficient (Wildman–Crippen LogP) is 5.36. The van der Waals surface area contributed by atoms with Crippen LogP contribution < -0.4 is 5.32 Å². The molecule has 1 unspecified atom stereocenters. The van der Waals surface area contributed by atoms with Gasteiger partial charge in [-0.05, 0) is 54.4 Å². The number of thioether (sulfide) groups is 1. The number of benzene rings is 1. The van der Waals surface area contributed by atoms with Crippen LogP contribution in [0.4, 0.5) is 10.1 Å². The third-order valence-electron chi connectivity index (χ3n) is 5.98. The summed E-state index contributed by atoms with van der Waals surface area (Å²) < 4.78 is 13.7. The van der Waals surface area contributed by atoms with E-state index in [0.29, 0.717) is 16.5 Å². The highest BCUT2D eigenvalue weighted by atomic mass is 32.2. The molecule has 0 bridgehead atoms. The Bertz CT molecular complexity index is 952. The molecule has 0 spiro atoms. The molecule has 1 amide bonds. The Morgan fingerprint density at radius 3 is 2.86 bits per heavy atom. The van der Waals surface area contributed by atoms with Crippen LogP contribution in [0, 0.1) is 28.5 Å². The van der Waals surface area contributed by atoms with Crippen molar-refractivity contribution in [2.75, 3.05) is 11.1 Å². The molecule has 3 rings (SSSR count). The summed E-state index contributed by atoms with van der Waals surface area (Å²) in [5.74, 6) is -0.146. The number of amides is 1. The average Bonchev–Trinajstić information content (AvgIpc) is 2.72. The van der Waals surface area contributed by atoms with Gasteiger partial charge in [0.15, 0.2) is 0 Å². The SMILES string of the molecule is CCC(C)(C)C1CCc2nc(SCC(=O)Nc3ccccc3F)c(C#N)cc2C1. The number of hydrogen-bond donors (Lipinski definition) is 1. The molecule has 0 fully saturated rings. The highest BCUT2D eigenvalue weighted by Gasteiger charge is 2.32. The van der Waals surface area contributed by atoms with Crippen molar-refractivity contribution in [2.45, 2.75) is 51.5 Å². The van der Waals surface area contributed by atoms with E-state index in [1.807, 2.05) is 6.07 Å². The minimum absolute atomic E-state index is 0.0697. The summed E-state index contributed by atoms with van der Waals surface area (Å²) in [7, 11) is 0. The number of nitrogens with zero attached hydrogens (tertiary/aromatic N) is 2.